The lowest BCUT2D eigenvalue weighted by Gasteiger charge is -2.26. The molecule has 2 nitrogen and oxygen atoms in total. The third kappa shape index (κ3) is 5.23. The molecule has 0 amide bonds. The maximum Gasteiger partial charge on any atom is 0.120 e. The maximum absolute atomic E-state index is 5.97. The maximum atomic E-state index is 5.97. The fourth-order valence-corrected chi connectivity index (χ4v) is 3.70. The summed E-state index contributed by atoms with van der Waals surface area (Å²) in [5, 5.41) is 4.06. The Morgan fingerprint density at radius 3 is 2.75 bits per heavy atom. The van der Waals surface area contributed by atoms with E-state index in [0.29, 0.717) is 6.61 Å². The Morgan fingerprint density at radius 2 is 2.00 bits per heavy atom. The molecule has 0 radical (unpaired) electrons. The van der Waals surface area contributed by atoms with Crippen LogP contribution in [0.1, 0.15) is 30.4 Å². The van der Waals surface area contributed by atoms with Crippen molar-refractivity contribution in [1.29, 1.82) is 0 Å². The topological polar surface area (TPSA) is 21.3 Å². The largest absolute Gasteiger partial charge is 0.489 e. The number of aryl methyl sites for hydroxylation is 1. The van der Waals surface area contributed by atoms with Gasteiger partial charge in [0.25, 0.3) is 0 Å². The lowest BCUT2D eigenvalue weighted by Crippen LogP contribution is -2.41. The molecule has 24 heavy (non-hydrogen) atoms. The summed E-state index contributed by atoms with van der Waals surface area (Å²) in [4.78, 5) is 0. The van der Waals surface area contributed by atoms with E-state index >= 15 is 0 Å². The zero-order chi connectivity index (χ0) is 16.8. The van der Waals surface area contributed by atoms with Crippen molar-refractivity contribution in [2.24, 2.45) is 5.92 Å². The number of hydrogen-bond acceptors (Lipinski definition) is 2. The minimum atomic E-state index is 0.538. The second-order valence-electron chi connectivity index (χ2n) is 6.44. The van der Waals surface area contributed by atoms with Crippen molar-refractivity contribution < 1.29 is 4.74 Å². The van der Waals surface area contributed by atoms with Gasteiger partial charge in [-0.2, -0.15) is 0 Å². The van der Waals surface area contributed by atoms with Crippen LogP contribution in [0.15, 0.2) is 46.9 Å². The summed E-state index contributed by atoms with van der Waals surface area (Å²) in [6.07, 6.45) is 5.05. The normalized spacial score (nSPS) is 14.4. The van der Waals surface area contributed by atoms with Gasteiger partial charge < -0.3 is 10.1 Å². The van der Waals surface area contributed by atoms with Gasteiger partial charge in [-0.1, -0.05) is 52.2 Å². The van der Waals surface area contributed by atoms with Gasteiger partial charge in [0.2, 0.25) is 0 Å². The van der Waals surface area contributed by atoms with E-state index in [1.54, 1.807) is 0 Å². The average molecular weight is 409 g/mol. The number of benzene rings is 2. The van der Waals surface area contributed by atoms with Gasteiger partial charge in [0.1, 0.15) is 12.4 Å². The number of hydrogen-bond donors (Lipinski definition) is 1. The molecule has 0 bridgehead atoms. The second kappa shape index (κ2) is 8.89. The van der Waals surface area contributed by atoms with Crippen molar-refractivity contribution in [2.45, 2.75) is 32.3 Å². The van der Waals surface area contributed by atoms with Crippen molar-refractivity contribution in [3.05, 3.63) is 63.1 Å². The average Bonchev–Trinajstić information content (AvgIpc) is 2.52. The Balaban J connectivity index is 1.47. The van der Waals surface area contributed by atoms with Crippen molar-refractivity contribution in [3.8, 4) is 5.75 Å². The lowest BCUT2D eigenvalue weighted by atomic mass is 9.95. The zero-order valence-corrected chi connectivity index (χ0v) is 16.1. The molecule has 1 N–H and O–H groups in total. The van der Waals surface area contributed by atoms with Crippen LogP contribution in [0.5, 0.6) is 5.75 Å². The van der Waals surface area contributed by atoms with Gasteiger partial charge in [0.15, 0.2) is 0 Å². The molecule has 128 valence electrons. The molecule has 4 heteroatoms. The Hall–Kier alpha value is -1.03. The third-order valence-electron chi connectivity index (χ3n) is 4.50. The molecule has 2 aromatic carbocycles. The zero-order valence-electron chi connectivity index (χ0n) is 13.7. The van der Waals surface area contributed by atoms with Gasteiger partial charge in [-0.25, -0.2) is 0 Å². The number of halogens is 2. The SMILES string of the molecule is Clc1ccc(COc2cccc(CCCCC3CNC3)c2)c(Br)c1. The predicted molar refractivity (Wildman–Crippen MR) is 104 cm³/mol. The van der Waals surface area contributed by atoms with E-state index in [-0.39, 0.29) is 0 Å². The van der Waals surface area contributed by atoms with Crippen LogP contribution in [-0.2, 0) is 13.0 Å². The van der Waals surface area contributed by atoms with Crippen LogP contribution in [0.3, 0.4) is 0 Å². The van der Waals surface area contributed by atoms with Gasteiger partial charge in [-0.05, 0) is 68.1 Å². The van der Waals surface area contributed by atoms with Crippen LogP contribution in [0.25, 0.3) is 0 Å². The summed E-state index contributed by atoms with van der Waals surface area (Å²) in [6, 6.07) is 14.2. The van der Waals surface area contributed by atoms with Crippen molar-refractivity contribution >= 4 is 27.5 Å². The monoisotopic (exact) mass is 407 g/mol. The number of rotatable bonds is 8. The molecule has 0 aliphatic carbocycles. The standard InChI is InChI=1S/C20H23BrClNO/c21-20-11-18(22)9-8-17(20)14-24-19-7-3-6-15(10-19)4-1-2-5-16-12-23-13-16/h3,6-11,16,23H,1-2,4-5,12-14H2. The molecule has 0 spiro atoms. The first kappa shape index (κ1) is 17.8. The van der Waals surface area contributed by atoms with E-state index in [0.717, 1.165) is 33.1 Å². The van der Waals surface area contributed by atoms with Crippen LogP contribution in [0.2, 0.25) is 5.02 Å². The predicted octanol–water partition coefficient (Wildman–Crippen LogP) is 5.61. The summed E-state index contributed by atoms with van der Waals surface area (Å²) in [6.45, 7) is 2.96. The highest BCUT2D eigenvalue weighted by Gasteiger charge is 2.15. The van der Waals surface area contributed by atoms with Crippen LogP contribution in [0, 0.1) is 5.92 Å². The van der Waals surface area contributed by atoms with Crippen LogP contribution in [0.4, 0.5) is 0 Å². The van der Waals surface area contributed by atoms with Crippen LogP contribution < -0.4 is 10.1 Å². The highest BCUT2D eigenvalue weighted by atomic mass is 79.9. The van der Waals surface area contributed by atoms with Gasteiger partial charge in [-0.15, -0.1) is 0 Å². The van der Waals surface area contributed by atoms with E-state index in [1.165, 1.54) is 37.9 Å². The lowest BCUT2D eigenvalue weighted by molar-refractivity contribution is 0.305. The fourth-order valence-electron chi connectivity index (χ4n) is 2.91. The van der Waals surface area contributed by atoms with E-state index in [2.05, 4.69) is 39.4 Å². The number of unbranched alkanes of at least 4 members (excludes halogenated alkanes) is 1. The molecule has 0 aromatic heterocycles. The molecule has 0 atom stereocenters. The first-order valence-electron chi connectivity index (χ1n) is 8.57. The van der Waals surface area contributed by atoms with E-state index in [1.807, 2.05) is 24.3 Å². The number of nitrogens with one attached hydrogen (secondary N) is 1. The van der Waals surface area contributed by atoms with E-state index in [9.17, 15) is 0 Å². The third-order valence-corrected chi connectivity index (χ3v) is 5.48. The first-order valence-corrected chi connectivity index (χ1v) is 9.74. The second-order valence-corrected chi connectivity index (χ2v) is 7.73. The molecule has 1 saturated heterocycles. The van der Waals surface area contributed by atoms with Gasteiger partial charge in [0.05, 0.1) is 0 Å². The molecule has 3 rings (SSSR count). The van der Waals surface area contributed by atoms with Crippen LogP contribution in [-0.4, -0.2) is 13.1 Å². The van der Waals surface area contributed by atoms with Crippen LogP contribution >= 0.6 is 27.5 Å². The molecule has 1 aliphatic heterocycles. The fraction of sp³-hybridized carbons (Fsp3) is 0.400. The van der Waals surface area contributed by atoms with E-state index in [4.69, 9.17) is 16.3 Å². The summed E-state index contributed by atoms with van der Waals surface area (Å²) in [5.74, 6) is 1.84. The Bertz CT molecular complexity index is 672. The molecule has 1 aliphatic rings. The van der Waals surface area contributed by atoms with Gasteiger partial charge in [-0.3, -0.25) is 0 Å². The molecule has 2 aromatic rings. The van der Waals surface area contributed by atoms with Crippen molar-refractivity contribution in [2.75, 3.05) is 13.1 Å². The van der Waals surface area contributed by atoms with Crippen molar-refractivity contribution in [1.82, 2.24) is 5.32 Å². The first-order chi connectivity index (χ1) is 11.7. The molecule has 1 heterocycles. The minimum Gasteiger partial charge on any atom is -0.489 e. The van der Waals surface area contributed by atoms with Crippen molar-refractivity contribution in [3.63, 3.8) is 0 Å². The Morgan fingerprint density at radius 1 is 1.12 bits per heavy atom. The molecular weight excluding hydrogens is 386 g/mol. The summed E-state index contributed by atoms with van der Waals surface area (Å²) >= 11 is 9.50. The smallest absolute Gasteiger partial charge is 0.120 e. The Labute approximate surface area is 157 Å². The van der Waals surface area contributed by atoms with Gasteiger partial charge in [0, 0.05) is 15.1 Å². The van der Waals surface area contributed by atoms with Gasteiger partial charge >= 0.3 is 0 Å². The number of ether oxygens (including phenoxy) is 1. The summed E-state index contributed by atoms with van der Waals surface area (Å²) in [5.41, 5.74) is 2.45. The summed E-state index contributed by atoms with van der Waals surface area (Å²) < 4.78 is 6.93. The Kier molecular flexibility index (Phi) is 6.59. The van der Waals surface area contributed by atoms with E-state index < -0.39 is 0 Å². The molecule has 1 fully saturated rings. The summed E-state index contributed by atoms with van der Waals surface area (Å²) in [7, 11) is 0. The molecular formula is C20H23BrClNO. The molecule has 0 saturated carbocycles. The molecule has 0 unspecified atom stereocenters. The quantitative estimate of drug-likeness (QED) is 0.573. The highest BCUT2D eigenvalue weighted by Crippen LogP contribution is 2.24. The highest BCUT2D eigenvalue weighted by molar-refractivity contribution is 9.10. The minimum absolute atomic E-state index is 0.538.